The molecule has 0 fully saturated rings. The molecule has 18 heavy (non-hydrogen) atoms. The molecule has 0 saturated carbocycles. The minimum absolute atomic E-state index is 0.0826. The number of carboxylic acids is 1. The Bertz CT molecular complexity index is 242. The average molecular weight is 264 g/mol. The zero-order chi connectivity index (χ0) is 13.8. The van der Waals surface area contributed by atoms with Crippen LogP contribution in [0.2, 0.25) is 0 Å². The van der Waals surface area contributed by atoms with Gasteiger partial charge in [0.2, 0.25) is 0 Å². The van der Waals surface area contributed by atoms with Crippen molar-refractivity contribution < 1.29 is 33.6 Å². The van der Waals surface area contributed by atoms with Gasteiger partial charge in [-0.2, -0.15) is 0 Å². The highest BCUT2D eigenvalue weighted by Gasteiger charge is 2.18. The van der Waals surface area contributed by atoms with Crippen LogP contribution in [-0.2, 0) is 28.5 Å². The summed E-state index contributed by atoms with van der Waals surface area (Å²) in [6, 6.07) is 0. The van der Waals surface area contributed by atoms with Gasteiger partial charge in [0.25, 0.3) is 0 Å². The Morgan fingerprint density at radius 1 is 1.22 bits per heavy atom. The fraction of sp³-hybridized carbons (Fsp3) is 0.818. The van der Waals surface area contributed by atoms with Crippen LogP contribution in [0.3, 0.4) is 0 Å². The highest BCUT2D eigenvalue weighted by Crippen LogP contribution is 2.06. The molecular weight excluding hydrogens is 244 g/mol. The molecule has 7 nitrogen and oxygen atoms in total. The summed E-state index contributed by atoms with van der Waals surface area (Å²) in [6.45, 7) is 2.61. The normalized spacial score (nSPS) is 12.1. The van der Waals surface area contributed by atoms with E-state index in [-0.39, 0.29) is 26.2 Å². The van der Waals surface area contributed by atoms with Crippen LogP contribution in [0.15, 0.2) is 0 Å². The van der Waals surface area contributed by atoms with Gasteiger partial charge >= 0.3 is 11.9 Å². The summed E-state index contributed by atoms with van der Waals surface area (Å²) < 4.78 is 19.7. The van der Waals surface area contributed by atoms with Gasteiger partial charge in [-0.25, -0.2) is 0 Å². The van der Waals surface area contributed by atoms with Crippen LogP contribution < -0.4 is 0 Å². The van der Waals surface area contributed by atoms with E-state index in [1.54, 1.807) is 6.92 Å². The van der Waals surface area contributed by atoms with Gasteiger partial charge in [0.05, 0.1) is 38.8 Å². The maximum Gasteiger partial charge on any atom is 0.308 e. The molecule has 0 saturated heterocycles. The zero-order valence-corrected chi connectivity index (χ0v) is 10.7. The maximum atomic E-state index is 11.2. The van der Waals surface area contributed by atoms with E-state index in [2.05, 4.69) is 0 Å². The molecule has 1 N–H and O–H groups in total. The summed E-state index contributed by atoms with van der Waals surface area (Å²) >= 11 is 0. The van der Waals surface area contributed by atoms with Crippen molar-refractivity contribution in [3.05, 3.63) is 0 Å². The quantitative estimate of drug-likeness (QED) is 0.328. The van der Waals surface area contributed by atoms with Crippen LogP contribution in [0.1, 0.15) is 19.8 Å². The smallest absolute Gasteiger partial charge is 0.308 e. The van der Waals surface area contributed by atoms with Crippen molar-refractivity contribution in [3.63, 3.8) is 0 Å². The van der Waals surface area contributed by atoms with Crippen molar-refractivity contribution in [1.29, 1.82) is 0 Å². The Morgan fingerprint density at radius 2 is 1.94 bits per heavy atom. The fourth-order valence-electron chi connectivity index (χ4n) is 1.14. The predicted octanol–water partition coefficient (Wildman–Crippen LogP) is 0.420. The van der Waals surface area contributed by atoms with Gasteiger partial charge in [0, 0.05) is 7.11 Å². The number of carboxylic acid groups (broad SMARTS) is 1. The van der Waals surface area contributed by atoms with Crippen LogP contribution >= 0.6 is 0 Å². The molecule has 0 spiro atoms. The molecule has 0 aromatic rings. The first-order valence-electron chi connectivity index (χ1n) is 5.65. The molecule has 0 heterocycles. The lowest BCUT2D eigenvalue weighted by Gasteiger charge is -2.15. The molecule has 1 atom stereocenters. The summed E-state index contributed by atoms with van der Waals surface area (Å²) in [5.41, 5.74) is 0. The summed E-state index contributed by atoms with van der Waals surface area (Å²) in [5.74, 6) is -1.53. The molecule has 0 bridgehead atoms. The summed E-state index contributed by atoms with van der Waals surface area (Å²) in [6.07, 6.45) is -1.12. The summed E-state index contributed by atoms with van der Waals surface area (Å²) in [7, 11) is 1.54. The number of aliphatic carboxylic acids is 1. The number of hydrogen-bond donors (Lipinski definition) is 1. The van der Waals surface area contributed by atoms with E-state index in [4.69, 9.17) is 24.1 Å². The minimum Gasteiger partial charge on any atom is -0.481 e. The van der Waals surface area contributed by atoms with Gasteiger partial charge in [-0.3, -0.25) is 9.59 Å². The highest BCUT2D eigenvalue weighted by atomic mass is 16.7. The standard InChI is InChI=1S/C11H20O7/c1-3-17-11(14)7-9(6-10(12)13)18-8-16-5-4-15-2/h9H,3-8H2,1-2H3,(H,12,13). The lowest BCUT2D eigenvalue weighted by Crippen LogP contribution is -2.24. The van der Waals surface area contributed by atoms with E-state index in [0.717, 1.165) is 0 Å². The average Bonchev–Trinajstić information content (AvgIpc) is 2.28. The van der Waals surface area contributed by atoms with Crippen molar-refractivity contribution >= 4 is 11.9 Å². The SMILES string of the molecule is CCOC(=O)CC(CC(=O)O)OCOCCOC. The predicted molar refractivity (Wildman–Crippen MR) is 61.1 cm³/mol. The second-order valence-electron chi connectivity index (χ2n) is 3.41. The van der Waals surface area contributed by atoms with Crippen molar-refractivity contribution in [2.75, 3.05) is 33.7 Å². The number of hydrogen-bond acceptors (Lipinski definition) is 6. The number of esters is 1. The Kier molecular flexibility index (Phi) is 10.2. The van der Waals surface area contributed by atoms with Gasteiger partial charge in [-0.15, -0.1) is 0 Å². The van der Waals surface area contributed by atoms with E-state index in [9.17, 15) is 9.59 Å². The van der Waals surface area contributed by atoms with Crippen molar-refractivity contribution in [3.8, 4) is 0 Å². The molecule has 0 aromatic heterocycles. The molecule has 0 amide bonds. The first-order valence-corrected chi connectivity index (χ1v) is 5.65. The third-order valence-electron chi connectivity index (χ3n) is 1.92. The molecule has 0 aliphatic rings. The first kappa shape index (κ1) is 16.8. The van der Waals surface area contributed by atoms with Gasteiger partial charge in [-0.1, -0.05) is 0 Å². The van der Waals surface area contributed by atoms with Crippen LogP contribution in [0, 0.1) is 0 Å². The Hall–Kier alpha value is -1.18. The highest BCUT2D eigenvalue weighted by molar-refractivity contribution is 5.72. The van der Waals surface area contributed by atoms with Crippen LogP contribution in [0.25, 0.3) is 0 Å². The Labute approximate surface area is 106 Å². The van der Waals surface area contributed by atoms with E-state index in [1.807, 2.05) is 0 Å². The third kappa shape index (κ3) is 10.0. The van der Waals surface area contributed by atoms with E-state index in [1.165, 1.54) is 7.11 Å². The molecule has 0 aliphatic carbocycles. The van der Waals surface area contributed by atoms with Gasteiger partial charge in [0.15, 0.2) is 0 Å². The zero-order valence-electron chi connectivity index (χ0n) is 10.7. The number of carbonyl (C=O) groups excluding carboxylic acids is 1. The topological polar surface area (TPSA) is 91.3 Å². The summed E-state index contributed by atoms with van der Waals surface area (Å²) in [4.78, 5) is 21.8. The first-order chi connectivity index (χ1) is 8.60. The van der Waals surface area contributed by atoms with Crippen LogP contribution in [0.4, 0.5) is 0 Å². The van der Waals surface area contributed by atoms with Crippen molar-refractivity contribution in [2.45, 2.75) is 25.9 Å². The Balaban J connectivity index is 3.91. The molecule has 0 aromatic carbocycles. The van der Waals surface area contributed by atoms with Crippen LogP contribution in [0.5, 0.6) is 0 Å². The van der Waals surface area contributed by atoms with Gasteiger partial charge < -0.3 is 24.1 Å². The third-order valence-corrected chi connectivity index (χ3v) is 1.92. The van der Waals surface area contributed by atoms with Crippen molar-refractivity contribution in [2.24, 2.45) is 0 Å². The molecule has 7 heteroatoms. The van der Waals surface area contributed by atoms with Crippen LogP contribution in [-0.4, -0.2) is 56.9 Å². The molecule has 0 radical (unpaired) electrons. The van der Waals surface area contributed by atoms with Gasteiger partial charge in [0.1, 0.15) is 6.79 Å². The second-order valence-corrected chi connectivity index (χ2v) is 3.41. The van der Waals surface area contributed by atoms with Crippen molar-refractivity contribution in [1.82, 2.24) is 0 Å². The van der Waals surface area contributed by atoms with E-state index < -0.39 is 18.0 Å². The van der Waals surface area contributed by atoms with Gasteiger partial charge in [-0.05, 0) is 6.92 Å². The molecule has 0 aliphatic heterocycles. The number of carbonyl (C=O) groups is 2. The molecular formula is C11H20O7. The monoisotopic (exact) mass is 264 g/mol. The fourth-order valence-corrected chi connectivity index (χ4v) is 1.14. The van der Waals surface area contributed by atoms with E-state index >= 15 is 0 Å². The molecule has 1 unspecified atom stereocenters. The largest absolute Gasteiger partial charge is 0.481 e. The molecule has 106 valence electrons. The lowest BCUT2D eigenvalue weighted by atomic mass is 10.2. The summed E-state index contributed by atoms with van der Waals surface area (Å²) in [5, 5.41) is 8.67. The molecule has 0 rings (SSSR count). The maximum absolute atomic E-state index is 11.2. The number of ether oxygens (including phenoxy) is 4. The Morgan fingerprint density at radius 3 is 2.50 bits per heavy atom. The minimum atomic E-state index is -1.04. The van der Waals surface area contributed by atoms with E-state index in [0.29, 0.717) is 13.2 Å². The second kappa shape index (κ2) is 10.9. The number of methoxy groups -OCH3 is 1. The lowest BCUT2D eigenvalue weighted by molar-refractivity contribution is -0.155. The number of rotatable bonds is 11.